The first-order chi connectivity index (χ1) is 14.1. The number of para-hydroxylation sites is 2. The molecule has 3 rings (SSSR count). The number of methoxy groups -OCH3 is 1. The van der Waals surface area contributed by atoms with E-state index in [0.717, 1.165) is 55.5 Å². The second kappa shape index (κ2) is 9.96. The predicted octanol–water partition coefficient (Wildman–Crippen LogP) is 3.46. The van der Waals surface area contributed by atoms with Crippen molar-refractivity contribution in [3.05, 3.63) is 59.4 Å². The lowest BCUT2D eigenvalue weighted by Crippen LogP contribution is -2.39. The van der Waals surface area contributed by atoms with Crippen molar-refractivity contribution in [2.45, 2.75) is 33.2 Å². The van der Waals surface area contributed by atoms with Gasteiger partial charge in [0, 0.05) is 26.7 Å². The van der Waals surface area contributed by atoms with Gasteiger partial charge in [0.1, 0.15) is 11.6 Å². The number of rotatable bonds is 8. The molecule has 0 bridgehead atoms. The topological polar surface area (TPSA) is 63.5 Å². The van der Waals surface area contributed by atoms with E-state index in [2.05, 4.69) is 69.4 Å². The Bertz CT molecular complexity index is 977. The molecule has 0 unspecified atom stereocenters. The van der Waals surface area contributed by atoms with Gasteiger partial charge in [0.2, 0.25) is 0 Å². The third-order valence-corrected chi connectivity index (χ3v) is 5.04. The molecule has 2 aromatic carbocycles. The molecule has 0 aliphatic heterocycles. The van der Waals surface area contributed by atoms with E-state index < -0.39 is 0 Å². The van der Waals surface area contributed by atoms with Gasteiger partial charge in [0.15, 0.2) is 5.96 Å². The van der Waals surface area contributed by atoms with Gasteiger partial charge in [-0.3, -0.25) is 4.99 Å². The molecule has 2 N–H and O–H groups in total. The van der Waals surface area contributed by atoms with Gasteiger partial charge in [-0.05, 0) is 50.5 Å². The van der Waals surface area contributed by atoms with E-state index in [-0.39, 0.29) is 0 Å². The standard InChI is InChI=1S/C23H31N5O/c1-17-10-11-22(29-4)19(16-17)12-14-26-23(24-3)25-13-7-15-28-18(2)27-20-8-5-6-9-21(20)28/h5-6,8-11,16H,7,12-15H2,1-4H3,(H2,24,25,26). The number of fused-ring (bicyclic) bond motifs is 1. The normalized spacial score (nSPS) is 11.7. The largest absolute Gasteiger partial charge is 0.496 e. The molecule has 1 heterocycles. The molecule has 0 radical (unpaired) electrons. The molecular weight excluding hydrogens is 362 g/mol. The molecule has 0 fully saturated rings. The number of nitrogens with one attached hydrogen (secondary N) is 2. The molecule has 1 aromatic heterocycles. The van der Waals surface area contributed by atoms with Crippen LogP contribution in [0.4, 0.5) is 0 Å². The van der Waals surface area contributed by atoms with Crippen molar-refractivity contribution in [3.63, 3.8) is 0 Å². The van der Waals surface area contributed by atoms with Crippen molar-refractivity contribution in [1.29, 1.82) is 0 Å². The highest BCUT2D eigenvalue weighted by atomic mass is 16.5. The zero-order valence-electron chi connectivity index (χ0n) is 17.8. The molecular formula is C23H31N5O. The molecule has 0 saturated carbocycles. The summed E-state index contributed by atoms with van der Waals surface area (Å²) in [4.78, 5) is 8.95. The van der Waals surface area contributed by atoms with Gasteiger partial charge in [-0.15, -0.1) is 0 Å². The van der Waals surface area contributed by atoms with Crippen LogP contribution >= 0.6 is 0 Å². The number of aliphatic imine (C=N–C) groups is 1. The number of hydrogen-bond donors (Lipinski definition) is 2. The molecule has 0 amide bonds. The van der Waals surface area contributed by atoms with E-state index in [1.54, 1.807) is 14.2 Å². The van der Waals surface area contributed by atoms with Gasteiger partial charge in [0.05, 0.1) is 18.1 Å². The Balaban J connectivity index is 1.45. The van der Waals surface area contributed by atoms with E-state index in [0.29, 0.717) is 0 Å². The third-order valence-electron chi connectivity index (χ3n) is 5.04. The van der Waals surface area contributed by atoms with Crippen LogP contribution in [0.3, 0.4) is 0 Å². The van der Waals surface area contributed by atoms with Crippen molar-refractivity contribution in [2.24, 2.45) is 4.99 Å². The highest BCUT2D eigenvalue weighted by Crippen LogP contribution is 2.19. The van der Waals surface area contributed by atoms with Gasteiger partial charge in [-0.2, -0.15) is 0 Å². The highest BCUT2D eigenvalue weighted by molar-refractivity contribution is 5.79. The van der Waals surface area contributed by atoms with Gasteiger partial charge in [-0.1, -0.05) is 29.8 Å². The Kier molecular flexibility index (Phi) is 7.11. The molecule has 0 spiro atoms. The van der Waals surface area contributed by atoms with Gasteiger partial charge < -0.3 is 19.9 Å². The summed E-state index contributed by atoms with van der Waals surface area (Å²) in [6, 6.07) is 14.6. The summed E-state index contributed by atoms with van der Waals surface area (Å²) in [5.74, 6) is 2.81. The SMILES string of the molecule is CN=C(NCCCn1c(C)nc2ccccc21)NCCc1cc(C)ccc1OC. The van der Waals surface area contributed by atoms with Gasteiger partial charge >= 0.3 is 0 Å². The molecule has 0 aliphatic rings. The maximum atomic E-state index is 5.46. The number of benzene rings is 2. The Morgan fingerprint density at radius 2 is 1.90 bits per heavy atom. The maximum Gasteiger partial charge on any atom is 0.190 e. The highest BCUT2D eigenvalue weighted by Gasteiger charge is 2.07. The maximum absolute atomic E-state index is 5.46. The fourth-order valence-electron chi connectivity index (χ4n) is 3.56. The van der Waals surface area contributed by atoms with Crippen molar-refractivity contribution in [2.75, 3.05) is 27.2 Å². The first-order valence-corrected chi connectivity index (χ1v) is 10.1. The van der Waals surface area contributed by atoms with E-state index in [9.17, 15) is 0 Å². The van der Waals surface area contributed by atoms with Crippen molar-refractivity contribution in [1.82, 2.24) is 20.2 Å². The van der Waals surface area contributed by atoms with Crippen LogP contribution in [-0.2, 0) is 13.0 Å². The summed E-state index contributed by atoms with van der Waals surface area (Å²) in [6.45, 7) is 6.73. The number of ether oxygens (including phenoxy) is 1. The summed E-state index contributed by atoms with van der Waals surface area (Å²) >= 11 is 0. The number of guanidine groups is 1. The zero-order chi connectivity index (χ0) is 20.6. The average Bonchev–Trinajstić information content (AvgIpc) is 3.05. The predicted molar refractivity (Wildman–Crippen MR) is 120 cm³/mol. The Morgan fingerprint density at radius 1 is 1.10 bits per heavy atom. The lowest BCUT2D eigenvalue weighted by atomic mass is 10.1. The molecule has 6 nitrogen and oxygen atoms in total. The first kappa shape index (κ1) is 20.7. The quantitative estimate of drug-likeness (QED) is 0.349. The monoisotopic (exact) mass is 393 g/mol. The van der Waals surface area contributed by atoms with E-state index >= 15 is 0 Å². The Hall–Kier alpha value is -3.02. The van der Waals surface area contributed by atoms with E-state index in [4.69, 9.17) is 4.74 Å². The molecule has 154 valence electrons. The fraction of sp³-hybridized carbons (Fsp3) is 0.391. The molecule has 0 saturated heterocycles. The van der Waals surface area contributed by atoms with Crippen molar-refractivity contribution in [3.8, 4) is 5.75 Å². The minimum absolute atomic E-state index is 0.796. The van der Waals surface area contributed by atoms with Gasteiger partial charge in [0.25, 0.3) is 0 Å². The Morgan fingerprint density at radius 3 is 2.69 bits per heavy atom. The fourth-order valence-corrected chi connectivity index (χ4v) is 3.56. The third kappa shape index (κ3) is 5.28. The second-order valence-electron chi connectivity index (χ2n) is 7.14. The van der Waals surface area contributed by atoms with Crippen LogP contribution in [-0.4, -0.2) is 42.8 Å². The van der Waals surface area contributed by atoms with Crippen LogP contribution in [0.2, 0.25) is 0 Å². The zero-order valence-corrected chi connectivity index (χ0v) is 17.8. The van der Waals surface area contributed by atoms with Crippen LogP contribution in [0, 0.1) is 13.8 Å². The number of imidazole rings is 1. The van der Waals surface area contributed by atoms with Gasteiger partial charge in [-0.25, -0.2) is 4.98 Å². The molecule has 6 heteroatoms. The van der Waals surface area contributed by atoms with Crippen LogP contribution in [0.25, 0.3) is 11.0 Å². The number of hydrogen-bond acceptors (Lipinski definition) is 3. The number of aromatic nitrogens is 2. The number of aryl methyl sites for hydroxylation is 3. The summed E-state index contributed by atoms with van der Waals surface area (Å²) in [7, 11) is 3.52. The smallest absolute Gasteiger partial charge is 0.190 e. The lowest BCUT2D eigenvalue weighted by molar-refractivity contribution is 0.409. The first-order valence-electron chi connectivity index (χ1n) is 10.1. The molecule has 0 aliphatic carbocycles. The Labute approximate surface area is 173 Å². The molecule has 29 heavy (non-hydrogen) atoms. The molecule has 0 atom stereocenters. The molecule has 3 aromatic rings. The summed E-state index contributed by atoms with van der Waals surface area (Å²) < 4.78 is 7.73. The van der Waals surface area contributed by atoms with Crippen LogP contribution in [0.5, 0.6) is 5.75 Å². The van der Waals surface area contributed by atoms with E-state index in [1.165, 1.54) is 16.6 Å². The summed E-state index contributed by atoms with van der Waals surface area (Å²) in [5, 5.41) is 6.79. The summed E-state index contributed by atoms with van der Waals surface area (Å²) in [6.07, 6.45) is 1.87. The van der Waals surface area contributed by atoms with Crippen LogP contribution < -0.4 is 15.4 Å². The minimum Gasteiger partial charge on any atom is -0.496 e. The minimum atomic E-state index is 0.796. The van der Waals surface area contributed by atoms with Crippen LogP contribution in [0.1, 0.15) is 23.4 Å². The summed E-state index contributed by atoms with van der Waals surface area (Å²) in [5.41, 5.74) is 4.70. The van der Waals surface area contributed by atoms with E-state index in [1.807, 2.05) is 12.1 Å². The van der Waals surface area contributed by atoms with Crippen LogP contribution in [0.15, 0.2) is 47.5 Å². The average molecular weight is 394 g/mol. The lowest BCUT2D eigenvalue weighted by Gasteiger charge is -2.14. The number of nitrogens with zero attached hydrogens (tertiary/aromatic N) is 3. The second-order valence-corrected chi connectivity index (χ2v) is 7.14. The van der Waals surface area contributed by atoms with Crippen molar-refractivity contribution < 1.29 is 4.74 Å². The van der Waals surface area contributed by atoms with Crippen molar-refractivity contribution >= 4 is 17.0 Å².